The fourth-order valence-electron chi connectivity index (χ4n) is 1.63. The number of hydrogen-bond donors (Lipinski definition) is 1. The van der Waals surface area contributed by atoms with E-state index in [2.05, 4.69) is 20.9 Å². The molecule has 0 aliphatic rings. The van der Waals surface area contributed by atoms with Crippen molar-refractivity contribution >= 4 is 38.4 Å². The second-order valence-electron chi connectivity index (χ2n) is 3.50. The average Bonchev–Trinajstić information content (AvgIpc) is 2.79. The van der Waals surface area contributed by atoms with Gasteiger partial charge in [-0.1, -0.05) is 15.9 Å². The van der Waals surface area contributed by atoms with Crippen molar-refractivity contribution in [2.75, 3.05) is 12.4 Å². The molecule has 0 atom stereocenters. The van der Waals surface area contributed by atoms with Gasteiger partial charge in [-0.25, -0.2) is 0 Å². The molecule has 4 nitrogen and oxygen atoms in total. The molecule has 0 radical (unpaired) electrons. The third kappa shape index (κ3) is 2.10. The van der Waals surface area contributed by atoms with Gasteiger partial charge in [-0.15, -0.1) is 0 Å². The number of methoxy groups -OCH3 is 1. The van der Waals surface area contributed by atoms with Crippen LogP contribution in [0.4, 0.5) is 0 Å². The molecule has 0 spiro atoms. The molecule has 0 fully saturated rings. The Morgan fingerprint density at radius 2 is 2.18 bits per heavy atom. The molecule has 0 amide bonds. The minimum atomic E-state index is -0.499. The molecule has 2 rings (SSSR count). The predicted molar refractivity (Wildman–Crippen MR) is 68.0 cm³/mol. The summed E-state index contributed by atoms with van der Waals surface area (Å²) >= 11 is 2.99. The Morgan fingerprint density at radius 3 is 2.82 bits per heavy atom. The van der Waals surface area contributed by atoms with Crippen molar-refractivity contribution in [3.63, 3.8) is 0 Å². The summed E-state index contributed by atoms with van der Waals surface area (Å²) in [5.74, 6) is -0.312. The van der Waals surface area contributed by atoms with Crippen molar-refractivity contribution in [3.8, 4) is 5.75 Å². The topological polar surface area (TPSA) is 59.2 Å². The van der Waals surface area contributed by atoms with Gasteiger partial charge in [-0.3, -0.25) is 9.59 Å². The van der Waals surface area contributed by atoms with Crippen molar-refractivity contribution in [3.05, 3.63) is 30.0 Å². The predicted octanol–water partition coefficient (Wildman–Crippen LogP) is 2.32. The van der Waals surface area contributed by atoms with E-state index in [0.29, 0.717) is 16.7 Å². The number of alkyl halides is 1. The number of aromatic amines is 1. The molecule has 5 heteroatoms. The largest absolute Gasteiger partial charge is 0.497 e. The lowest BCUT2D eigenvalue weighted by molar-refractivity contribution is -0.112. The second kappa shape index (κ2) is 4.71. The number of benzene rings is 1. The van der Waals surface area contributed by atoms with Gasteiger partial charge < -0.3 is 9.72 Å². The minimum Gasteiger partial charge on any atom is -0.497 e. The zero-order chi connectivity index (χ0) is 12.4. The van der Waals surface area contributed by atoms with Crippen LogP contribution in [-0.4, -0.2) is 29.0 Å². The van der Waals surface area contributed by atoms with Crippen LogP contribution in [0.5, 0.6) is 5.75 Å². The summed E-state index contributed by atoms with van der Waals surface area (Å²) in [6, 6.07) is 5.34. The van der Waals surface area contributed by atoms with Crippen LogP contribution in [0.15, 0.2) is 24.4 Å². The Bertz CT molecular complexity index is 588. The van der Waals surface area contributed by atoms with E-state index in [9.17, 15) is 9.59 Å². The number of carbonyl (C=O) groups is 2. The maximum absolute atomic E-state index is 11.8. The number of halogens is 1. The lowest BCUT2D eigenvalue weighted by atomic mass is 10.1. The number of fused-ring (bicyclic) bond motifs is 1. The van der Waals surface area contributed by atoms with E-state index in [1.807, 2.05) is 6.07 Å². The summed E-state index contributed by atoms with van der Waals surface area (Å²) in [7, 11) is 1.55. The molecule has 0 saturated carbocycles. The van der Waals surface area contributed by atoms with Gasteiger partial charge in [0, 0.05) is 17.1 Å². The molecule has 1 N–H and O–H groups in total. The number of nitrogens with one attached hydrogen (secondary N) is 1. The quantitative estimate of drug-likeness (QED) is 0.535. The number of H-pyrrole nitrogens is 1. The van der Waals surface area contributed by atoms with Crippen LogP contribution in [-0.2, 0) is 4.79 Å². The number of ketones is 2. The average molecular weight is 296 g/mol. The zero-order valence-corrected chi connectivity index (χ0v) is 10.7. The fraction of sp³-hybridized carbons (Fsp3) is 0.167. The van der Waals surface area contributed by atoms with E-state index in [0.717, 1.165) is 5.52 Å². The standard InChI is InChI=1S/C12H10BrNO3/c1-17-7-2-3-10-8(4-7)9(6-14-10)12(16)11(15)5-13/h2-4,6,14H,5H2,1H3. The Kier molecular flexibility index (Phi) is 3.28. The van der Waals surface area contributed by atoms with Crippen LogP contribution in [0.1, 0.15) is 10.4 Å². The van der Waals surface area contributed by atoms with Crippen LogP contribution in [0.25, 0.3) is 10.9 Å². The molecular formula is C12H10BrNO3. The zero-order valence-electron chi connectivity index (χ0n) is 9.12. The SMILES string of the molecule is COc1ccc2[nH]cc(C(=O)C(=O)CBr)c2c1. The number of hydrogen-bond acceptors (Lipinski definition) is 3. The van der Waals surface area contributed by atoms with Gasteiger partial charge in [-0.2, -0.15) is 0 Å². The summed E-state index contributed by atoms with van der Waals surface area (Å²) in [5.41, 5.74) is 1.18. The van der Waals surface area contributed by atoms with Crippen molar-refractivity contribution < 1.29 is 14.3 Å². The number of Topliss-reactive ketones (excluding diaryl/α,β-unsaturated/α-hetero) is 2. The van der Waals surface area contributed by atoms with Gasteiger partial charge in [0.25, 0.3) is 0 Å². The van der Waals surface area contributed by atoms with E-state index in [1.54, 1.807) is 25.4 Å². The maximum Gasteiger partial charge on any atom is 0.231 e. The highest BCUT2D eigenvalue weighted by Crippen LogP contribution is 2.24. The highest BCUT2D eigenvalue weighted by Gasteiger charge is 2.18. The highest BCUT2D eigenvalue weighted by atomic mass is 79.9. The Balaban J connectivity index is 2.54. The number of rotatable bonds is 4. The van der Waals surface area contributed by atoms with Crippen LogP contribution in [0, 0.1) is 0 Å². The first kappa shape index (κ1) is 11.9. The summed E-state index contributed by atoms with van der Waals surface area (Å²) in [5, 5.41) is 0.728. The minimum absolute atomic E-state index is 0.0302. The second-order valence-corrected chi connectivity index (χ2v) is 4.06. The summed E-state index contributed by atoms with van der Waals surface area (Å²) in [4.78, 5) is 26.1. The van der Waals surface area contributed by atoms with Crippen LogP contribution < -0.4 is 4.74 Å². The molecule has 0 aliphatic heterocycles. The van der Waals surface area contributed by atoms with Crippen LogP contribution in [0.3, 0.4) is 0 Å². The third-order valence-corrected chi connectivity index (χ3v) is 3.02. The van der Waals surface area contributed by atoms with Gasteiger partial charge in [0.05, 0.1) is 18.0 Å². The molecule has 2 aromatic rings. The normalized spacial score (nSPS) is 10.5. The van der Waals surface area contributed by atoms with Crippen molar-refractivity contribution in [2.24, 2.45) is 0 Å². The molecule has 17 heavy (non-hydrogen) atoms. The molecular weight excluding hydrogens is 286 g/mol. The summed E-state index contributed by atoms with van der Waals surface area (Å²) < 4.78 is 5.09. The first-order valence-electron chi connectivity index (χ1n) is 4.96. The van der Waals surface area contributed by atoms with Crippen LogP contribution in [0.2, 0.25) is 0 Å². The Labute approximate surface area is 106 Å². The van der Waals surface area contributed by atoms with Crippen molar-refractivity contribution in [1.82, 2.24) is 4.98 Å². The lowest BCUT2D eigenvalue weighted by Gasteiger charge is -2.00. The summed E-state index contributed by atoms with van der Waals surface area (Å²) in [6.07, 6.45) is 1.55. The van der Waals surface area contributed by atoms with Gasteiger partial charge >= 0.3 is 0 Å². The van der Waals surface area contributed by atoms with Crippen LogP contribution >= 0.6 is 15.9 Å². The van der Waals surface area contributed by atoms with E-state index < -0.39 is 11.6 Å². The molecule has 0 bridgehead atoms. The fourth-order valence-corrected chi connectivity index (χ4v) is 1.88. The lowest BCUT2D eigenvalue weighted by Crippen LogP contribution is -2.14. The third-order valence-electron chi connectivity index (χ3n) is 2.51. The number of ether oxygens (including phenoxy) is 1. The number of carbonyl (C=O) groups excluding carboxylic acids is 2. The van der Waals surface area contributed by atoms with E-state index in [1.165, 1.54) is 0 Å². The molecule has 0 aliphatic carbocycles. The molecule has 1 aromatic carbocycles. The van der Waals surface area contributed by atoms with Gasteiger partial charge in [0.1, 0.15) is 5.75 Å². The van der Waals surface area contributed by atoms with E-state index >= 15 is 0 Å². The van der Waals surface area contributed by atoms with Gasteiger partial charge in [-0.05, 0) is 18.2 Å². The highest BCUT2D eigenvalue weighted by molar-refractivity contribution is 9.09. The monoisotopic (exact) mass is 295 g/mol. The molecule has 0 unspecified atom stereocenters. The molecule has 1 heterocycles. The molecule has 1 aromatic heterocycles. The number of aromatic nitrogens is 1. The Hall–Kier alpha value is -1.62. The molecule has 88 valence electrons. The smallest absolute Gasteiger partial charge is 0.231 e. The molecule has 0 saturated heterocycles. The first-order valence-corrected chi connectivity index (χ1v) is 6.08. The van der Waals surface area contributed by atoms with E-state index in [4.69, 9.17) is 4.74 Å². The summed E-state index contributed by atoms with van der Waals surface area (Å²) in [6.45, 7) is 0. The van der Waals surface area contributed by atoms with Gasteiger partial charge in [0.15, 0.2) is 0 Å². The maximum atomic E-state index is 11.8. The first-order chi connectivity index (χ1) is 8.17. The van der Waals surface area contributed by atoms with E-state index in [-0.39, 0.29) is 5.33 Å². The Morgan fingerprint density at radius 1 is 1.41 bits per heavy atom. The van der Waals surface area contributed by atoms with Gasteiger partial charge in [0.2, 0.25) is 11.6 Å². The van der Waals surface area contributed by atoms with Crippen molar-refractivity contribution in [1.29, 1.82) is 0 Å². The van der Waals surface area contributed by atoms with Crippen molar-refractivity contribution in [2.45, 2.75) is 0 Å².